The van der Waals surface area contributed by atoms with Crippen LogP contribution in [0.3, 0.4) is 0 Å². The molecule has 1 amide bonds. The maximum Gasteiger partial charge on any atom is 0.237 e. The molecular formula is C13H18N2O. The summed E-state index contributed by atoms with van der Waals surface area (Å²) in [6, 6.07) is 10.1. The highest BCUT2D eigenvalue weighted by Gasteiger charge is 2.23. The van der Waals surface area contributed by atoms with Gasteiger partial charge in [0.25, 0.3) is 0 Å². The predicted molar refractivity (Wildman–Crippen MR) is 64.0 cm³/mol. The van der Waals surface area contributed by atoms with Crippen LogP contribution < -0.4 is 10.6 Å². The molecule has 0 saturated carbocycles. The first kappa shape index (κ1) is 11.1. The van der Waals surface area contributed by atoms with Crippen LogP contribution in [0.25, 0.3) is 0 Å². The Labute approximate surface area is 96.2 Å². The van der Waals surface area contributed by atoms with Crippen molar-refractivity contribution < 1.29 is 4.79 Å². The lowest BCUT2D eigenvalue weighted by Gasteiger charge is -2.17. The molecule has 0 bridgehead atoms. The molecule has 2 rings (SSSR count). The molecule has 16 heavy (non-hydrogen) atoms. The highest BCUT2D eigenvalue weighted by molar-refractivity contribution is 5.82. The maximum atomic E-state index is 11.9. The molecule has 1 fully saturated rings. The van der Waals surface area contributed by atoms with Crippen molar-refractivity contribution in [2.24, 2.45) is 0 Å². The van der Waals surface area contributed by atoms with Gasteiger partial charge in [0, 0.05) is 0 Å². The molecule has 2 unspecified atom stereocenters. The molecule has 1 aromatic carbocycles. The number of hydrogen-bond donors (Lipinski definition) is 2. The van der Waals surface area contributed by atoms with Crippen molar-refractivity contribution in [1.29, 1.82) is 0 Å². The number of benzene rings is 1. The van der Waals surface area contributed by atoms with E-state index in [1.165, 1.54) is 0 Å². The third kappa shape index (κ3) is 2.61. The van der Waals surface area contributed by atoms with Crippen LogP contribution in [0.2, 0.25) is 0 Å². The fraction of sp³-hybridized carbons (Fsp3) is 0.462. The quantitative estimate of drug-likeness (QED) is 0.809. The number of nitrogens with one attached hydrogen (secondary N) is 2. The van der Waals surface area contributed by atoms with Gasteiger partial charge in [-0.25, -0.2) is 0 Å². The molecule has 1 saturated heterocycles. The summed E-state index contributed by atoms with van der Waals surface area (Å²) >= 11 is 0. The van der Waals surface area contributed by atoms with E-state index in [0.717, 1.165) is 24.9 Å². The molecule has 0 aliphatic carbocycles. The van der Waals surface area contributed by atoms with Crippen LogP contribution in [0.15, 0.2) is 30.3 Å². The van der Waals surface area contributed by atoms with Gasteiger partial charge in [-0.05, 0) is 31.9 Å². The predicted octanol–water partition coefficient (Wildman–Crippen LogP) is 1.62. The van der Waals surface area contributed by atoms with E-state index in [0.29, 0.717) is 0 Å². The average Bonchev–Trinajstić information content (AvgIpc) is 2.83. The summed E-state index contributed by atoms with van der Waals surface area (Å²) in [4.78, 5) is 11.9. The van der Waals surface area contributed by atoms with E-state index in [1.807, 2.05) is 37.3 Å². The summed E-state index contributed by atoms with van der Waals surface area (Å²) in [6.07, 6.45) is 2.05. The first-order valence-corrected chi connectivity index (χ1v) is 5.86. The summed E-state index contributed by atoms with van der Waals surface area (Å²) in [5, 5.41) is 6.24. The van der Waals surface area contributed by atoms with Crippen LogP contribution in [0.4, 0.5) is 0 Å². The zero-order chi connectivity index (χ0) is 11.4. The number of carbonyl (C=O) groups excluding carboxylic acids is 1. The molecule has 3 heteroatoms. The lowest BCUT2D eigenvalue weighted by Crippen LogP contribution is -2.41. The van der Waals surface area contributed by atoms with Gasteiger partial charge >= 0.3 is 0 Å². The second kappa shape index (κ2) is 5.12. The summed E-state index contributed by atoms with van der Waals surface area (Å²) in [5.74, 6) is 0.119. The van der Waals surface area contributed by atoms with Gasteiger partial charge in [-0.15, -0.1) is 0 Å². The van der Waals surface area contributed by atoms with Crippen molar-refractivity contribution in [3.05, 3.63) is 35.9 Å². The normalized spacial score (nSPS) is 21.7. The Morgan fingerprint density at radius 1 is 1.44 bits per heavy atom. The van der Waals surface area contributed by atoms with Crippen LogP contribution in [-0.2, 0) is 4.79 Å². The maximum absolute atomic E-state index is 11.9. The first-order valence-electron chi connectivity index (χ1n) is 5.86. The third-order valence-corrected chi connectivity index (χ3v) is 3.04. The van der Waals surface area contributed by atoms with Crippen LogP contribution in [-0.4, -0.2) is 18.5 Å². The van der Waals surface area contributed by atoms with E-state index >= 15 is 0 Å². The Kier molecular flexibility index (Phi) is 3.57. The van der Waals surface area contributed by atoms with Crippen molar-refractivity contribution in [3.8, 4) is 0 Å². The number of amides is 1. The van der Waals surface area contributed by atoms with Crippen molar-refractivity contribution in [3.63, 3.8) is 0 Å². The summed E-state index contributed by atoms with van der Waals surface area (Å²) in [7, 11) is 0. The molecule has 0 aromatic heterocycles. The molecule has 2 N–H and O–H groups in total. The molecule has 1 aliphatic rings. The van der Waals surface area contributed by atoms with Crippen LogP contribution in [0, 0.1) is 0 Å². The standard InChI is InChI=1S/C13H18N2O/c1-10(11-6-3-2-4-7-11)15-13(16)12-8-5-9-14-12/h2-4,6-7,10,12,14H,5,8-9H2,1H3,(H,15,16). The van der Waals surface area contributed by atoms with E-state index in [9.17, 15) is 4.79 Å². The van der Waals surface area contributed by atoms with Crippen LogP contribution in [0.5, 0.6) is 0 Å². The van der Waals surface area contributed by atoms with Gasteiger partial charge in [0.15, 0.2) is 0 Å². The highest BCUT2D eigenvalue weighted by atomic mass is 16.2. The van der Waals surface area contributed by atoms with Gasteiger partial charge in [0.1, 0.15) is 0 Å². The number of carbonyl (C=O) groups is 1. The van der Waals surface area contributed by atoms with E-state index in [1.54, 1.807) is 0 Å². The topological polar surface area (TPSA) is 41.1 Å². The SMILES string of the molecule is CC(NC(=O)C1CCCN1)c1ccccc1. The van der Waals surface area contributed by atoms with Gasteiger partial charge in [-0.1, -0.05) is 30.3 Å². The fourth-order valence-corrected chi connectivity index (χ4v) is 2.05. The molecule has 86 valence electrons. The van der Waals surface area contributed by atoms with Gasteiger partial charge in [0.05, 0.1) is 12.1 Å². The molecule has 1 aromatic rings. The van der Waals surface area contributed by atoms with E-state index in [4.69, 9.17) is 0 Å². The Hall–Kier alpha value is -1.35. The Balaban J connectivity index is 1.92. The van der Waals surface area contributed by atoms with Crippen LogP contribution >= 0.6 is 0 Å². The zero-order valence-corrected chi connectivity index (χ0v) is 9.57. The fourth-order valence-electron chi connectivity index (χ4n) is 2.05. The summed E-state index contributed by atoms with van der Waals surface area (Å²) in [6.45, 7) is 2.97. The molecule has 2 atom stereocenters. The monoisotopic (exact) mass is 218 g/mol. The van der Waals surface area contributed by atoms with Crippen molar-refractivity contribution in [1.82, 2.24) is 10.6 Å². The first-order chi connectivity index (χ1) is 7.77. The summed E-state index contributed by atoms with van der Waals surface area (Å²) in [5.41, 5.74) is 1.15. The number of rotatable bonds is 3. The van der Waals surface area contributed by atoms with Crippen molar-refractivity contribution >= 4 is 5.91 Å². The van der Waals surface area contributed by atoms with E-state index in [2.05, 4.69) is 10.6 Å². The van der Waals surface area contributed by atoms with Gasteiger partial charge in [0.2, 0.25) is 5.91 Å². The smallest absolute Gasteiger partial charge is 0.237 e. The van der Waals surface area contributed by atoms with E-state index < -0.39 is 0 Å². The average molecular weight is 218 g/mol. The van der Waals surface area contributed by atoms with Crippen LogP contribution in [0.1, 0.15) is 31.4 Å². The zero-order valence-electron chi connectivity index (χ0n) is 9.57. The molecule has 1 aliphatic heterocycles. The second-order valence-corrected chi connectivity index (χ2v) is 4.29. The lowest BCUT2D eigenvalue weighted by molar-refractivity contribution is -0.123. The molecule has 1 heterocycles. The minimum absolute atomic E-state index is 0.00571. The summed E-state index contributed by atoms with van der Waals surface area (Å²) < 4.78 is 0. The minimum atomic E-state index is 0.00571. The minimum Gasteiger partial charge on any atom is -0.348 e. The Bertz CT molecular complexity index is 344. The van der Waals surface area contributed by atoms with Crippen molar-refractivity contribution in [2.45, 2.75) is 31.8 Å². The molecule has 3 nitrogen and oxygen atoms in total. The number of hydrogen-bond acceptors (Lipinski definition) is 2. The molecule has 0 radical (unpaired) electrons. The molecular weight excluding hydrogens is 200 g/mol. The third-order valence-electron chi connectivity index (χ3n) is 3.04. The Morgan fingerprint density at radius 3 is 2.81 bits per heavy atom. The molecule has 0 spiro atoms. The Morgan fingerprint density at radius 2 is 2.19 bits per heavy atom. The largest absolute Gasteiger partial charge is 0.348 e. The van der Waals surface area contributed by atoms with Gasteiger partial charge in [-0.3, -0.25) is 4.79 Å². The van der Waals surface area contributed by atoms with Crippen molar-refractivity contribution in [2.75, 3.05) is 6.54 Å². The lowest BCUT2D eigenvalue weighted by atomic mass is 10.1. The highest BCUT2D eigenvalue weighted by Crippen LogP contribution is 2.12. The van der Waals surface area contributed by atoms with Gasteiger partial charge in [-0.2, -0.15) is 0 Å². The second-order valence-electron chi connectivity index (χ2n) is 4.29. The van der Waals surface area contributed by atoms with Gasteiger partial charge < -0.3 is 10.6 Å². The van der Waals surface area contributed by atoms with E-state index in [-0.39, 0.29) is 18.0 Å².